The quantitative estimate of drug-likeness (QED) is 0.810. The standard InChI is InChI=1S/C19H21NO2/c1-21-19(22-2)20-11-10-13-7-5-9-16-15-8-4-3-6-14(15)12-17(20)18(13)16/h3-9,17,19H,10-12H2,1-2H3. The minimum Gasteiger partial charge on any atom is -0.343 e. The van der Waals surface area contributed by atoms with Crippen molar-refractivity contribution in [3.63, 3.8) is 0 Å². The molecular weight excluding hydrogens is 274 g/mol. The average molecular weight is 295 g/mol. The van der Waals surface area contributed by atoms with Gasteiger partial charge in [-0.15, -0.1) is 0 Å². The Labute approximate surface area is 131 Å². The van der Waals surface area contributed by atoms with Crippen LogP contribution in [0.4, 0.5) is 0 Å². The molecule has 1 unspecified atom stereocenters. The summed E-state index contributed by atoms with van der Waals surface area (Å²) in [6.45, 7) is 0.968. The number of ether oxygens (including phenoxy) is 2. The van der Waals surface area contributed by atoms with Gasteiger partial charge in [0.05, 0.1) is 0 Å². The molecule has 0 spiro atoms. The van der Waals surface area contributed by atoms with E-state index < -0.39 is 0 Å². The van der Waals surface area contributed by atoms with Gasteiger partial charge in [-0.3, -0.25) is 0 Å². The number of benzene rings is 2. The largest absolute Gasteiger partial charge is 0.343 e. The molecule has 114 valence electrons. The Kier molecular flexibility index (Phi) is 3.49. The molecule has 0 bridgehead atoms. The Morgan fingerprint density at radius 1 is 0.955 bits per heavy atom. The molecule has 0 saturated heterocycles. The minimum atomic E-state index is -0.281. The number of fused-ring (bicyclic) bond motifs is 2. The van der Waals surface area contributed by atoms with Gasteiger partial charge in [0, 0.05) is 26.8 Å². The van der Waals surface area contributed by atoms with Crippen molar-refractivity contribution in [1.82, 2.24) is 4.90 Å². The summed E-state index contributed by atoms with van der Waals surface area (Å²) in [7, 11) is 3.43. The maximum atomic E-state index is 5.54. The van der Waals surface area contributed by atoms with Crippen molar-refractivity contribution >= 4 is 0 Å². The molecule has 2 aromatic carbocycles. The predicted molar refractivity (Wildman–Crippen MR) is 86.5 cm³/mol. The van der Waals surface area contributed by atoms with E-state index >= 15 is 0 Å². The molecule has 0 aromatic heterocycles. The summed E-state index contributed by atoms with van der Waals surface area (Å²) in [6.07, 6.45) is 1.78. The first-order valence-electron chi connectivity index (χ1n) is 7.85. The molecular formula is C19H21NO2. The van der Waals surface area contributed by atoms with Crippen LogP contribution < -0.4 is 0 Å². The first-order chi connectivity index (χ1) is 10.8. The van der Waals surface area contributed by atoms with Gasteiger partial charge in [0.15, 0.2) is 0 Å². The summed E-state index contributed by atoms with van der Waals surface area (Å²) in [5.74, 6) is 0. The Bertz CT molecular complexity index is 694. The molecule has 0 N–H and O–H groups in total. The molecule has 2 aliphatic rings. The molecule has 3 nitrogen and oxygen atoms in total. The number of rotatable bonds is 3. The molecule has 0 radical (unpaired) electrons. The molecule has 2 aromatic rings. The van der Waals surface area contributed by atoms with Crippen molar-refractivity contribution < 1.29 is 9.47 Å². The molecule has 0 amide bonds. The van der Waals surface area contributed by atoms with Crippen LogP contribution in [-0.2, 0) is 22.3 Å². The van der Waals surface area contributed by atoms with Gasteiger partial charge in [0.2, 0.25) is 6.41 Å². The first-order valence-corrected chi connectivity index (χ1v) is 7.85. The first kappa shape index (κ1) is 13.9. The van der Waals surface area contributed by atoms with E-state index in [9.17, 15) is 0 Å². The van der Waals surface area contributed by atoms with E-state index in [-0.39, 0.29) is 6.41 Å². The SMILES string of the molecule is COC(OC)N1CCc2cccc3c2C1Cc1ccccc1-3. The van der Waals surface area contributed by atoms with Gasteiger partial charge < -0.3 is 9.47 Å². The number of hydrogen-bond donors (Lipinski definition) is 0. The molecule has 1 aliphatic heterocycles. The van der Waals surface area contributed by atoms with E-state index in [0.717, 1.165) is 19.4 Å². The highest BCUT2D eigenvalue weighted by Gasteiger charge is 2.37. The van der Waals surface area contributed by atoms with Crippen LogP contribution in [0.15, 0.2) is 42.5 Å². The molecule has 3 heteroatoms. The van der Waals surface area contributed by atoms with Crippen molar-refractivity contribution in [3.05, 3.63) is 59.2 Å². The van der Waals surface area contributed by atoms with Crippen molar-refractivity contribution in [3.8, 4) is 11.1 Å². The zero-order valence-electron chi connectivity index (χ0n) is 13.1. The minimum absolute atomic E-state index is 0.281. The summed E-state index contributed by atoms with van der Waals surface area (Å²) >= 11 is 0. The summed E-state index contributed by atoms with van der Waals surface area (Å²) < 4.78 is 11.1. The van der Waals surface area contributed by atoms with E-state index in [1.54, 1.807) is 14.2 Å². The van der Waals surface area contributed by atoms with E-state index in [2.05, 4.69) is 47.4 Å². The second kappa shape index (κ2) is 5.51. The highest BCUT2D eigenvalue weighted by Crippen LogP contribution is 2.45. The fourth-order valence-corrected chi connectivity index (χ4v) is 4.04. The predicted octanol–water partition coefficient (Wildman–Crippen LogP) is 3.39. The van der Waals surface area contributed by atoms with Gasteiger partial charge in [-0.05, 0) is 40.7 Å². The van der Waals surface area contributed by atoms with Crippen LogP contribution in [0.3, 0.4) is 0 Å². The number of hydrogen-bond acceptors (Lipinski definition) is 3. The smallest absolute Gasteiger partial charge is 0.218 e. The van der Waals surface area contributed by atoms with Gasteiger partial charge >= 0.3 is 0 Å². The fourth-order valence-electron chi connectivity index (χ4n) is 4.04. The lowest BCUT2D eigenvalue weighted by molar-refractivity contribution is -0.211. The van der Waals surface area contributed by atoms with Gasteiger partial charge in [0.25, 0.3) is 0 Å². The summed E-state index contributed by atoms with van der Waals surface area (Å²) in [4.78, 5) is 2.35. The molecule has 0 saturated carbocycles. The van der Waals surface area contributed by atoms with E-state index in [1.165, 1.54) is 27.8 Å². The zero-order valence-corrected chi connectivity index (χ0v) is 13.1. The Hall–Kier alpha value is -1.68. The van der Waals surface area contributed by atoms with Crippen LogP contribution in [0.25, 0.3) is 11.1 Å². The van der Waals surface area contributed by atoms with E-state index in [4.69, 9.17) is 9.47 Å². The fraction of sp³-hybridized carbons (Fsp3) is 0.368. The summed E-state index contributed by atoms with van der Waals surface area (Å²) in [6, 6.07) is 15.8. The summed E-state index contributed by atoms with van der Waals surface area (Å²) in [5.41, 5.74) is 7.10. The summed E-state index contributed by atoms with van der Waals surface area (Å²) in [5, 5.41) is 0. The second-order valence-electron chi connectivity index (χ2n) is 6.02. The maximum Gasteiger partial charge on any atom is 0.218 e. The van der Waals surface area contributed by atoms with Gasteiger partial charge in [0.1, 0.15) is 0 Å². The lowest BCUT2D eigenvalue weighted by Gasteiger charge is -2.43. The van der Waals surface area contributed by atoms with Crippen molar-refractivity contribution in [2.24, 2.45) is 0 Å². The monoisotopic (exact) mass is 295 g/mol. The highest BCUT2D eigenvalue weighted by molar-refractivity contribution is 5.75. The van der Waals surface area contributed by atoms with Crippen LogP contribution in [0.5, 0.6) is 0 Å². The molecule has 22 heavy (non-hydrogen) atoms. The van der Waals surface area contributed by atoms with Gasteiger partial charge in [-0.2, -0.15) is 0 Å². The van der Waals surface area contributed by atoms with E-state index in [1.807, 2.05) is 0 Å². The molecule has 1 atom stereocenters. The number of methoxy groups -OCH3 is 2. The van der Waals surface area contributed by atoms with Crippen LogP contribution in [0.1, 0.15) is 22.7 Å². The maximum absolute atomic E-state index is 5.54. The molecule has 1 aliphatic carbocycles. The lowest BCUT2D eigenvalue weighted by Crippen LogP contribution is -2.46. The highest BCUT2D eigenvalue weighted by atomic mass is 16.7. The Morgan fingerprint density at radius 2 is 1.68 bits per heavy atom. The van der Waals surface area contributed by atoms with Crippen LogP contribution >= 0.6 is 0 Å². The molecule has 1 heterocycles. The Morgan fingerprint density at radius 3 is 2.50 bits per heavy atom. The van der Waals surface area contributed by atoms with Crippen molar-refractivity contribution in [2.75, 3.05) is 20.8 Å². The van der Waals surface area contributed by atoms with Crippen LogP contribution in [0, 0.1) is 0 Å². The zero-order chi connectivity index (χ0) is 15.1. The van der Waals surface area contributed by atoms with Gasteiger partial charge in [-0.25, -0.2) is 4.90 Å². The molecule has 4 rings (SSSR count). The third-order valence-corrected chi connectivity index (χ3v) is 4.96. The Balaban J connectivity index is 1.87. The number of nitrogens with zero attached hydrogens (tertiary/aromatic N) is 1. The van der Waals surface area contributed by atoms with Crippen LogP contribution in [-0.4, -0.2) is 32.1 Å². The lowest BCUT2D eigenvalue weighted by atomic mass is 9.77. The third-order valence-electron chi connectivity index (χ3n) is 4.96. The van der Waals surface area contributed by atoms with Crippen LogP contribution in [0.2, 0.25) is 0 Å². The average Bonchev–Trinajstić information content (AvgIpc) is 2.58. The topological polar surface area (TPSA) is 21.7 Å². The molecule has 0 fully saturated rings. The van der Waals surface area contributed by atoms with Crippen molar-refractivity contribution in [2.45, 2.75) is 25.3 Å². The van der Waals surface area contributed by atoms with Crippen molar-refractivity contribution in [1.29, 1.82) is 0 Å². The normalized spacial score (nSPS) is 19.9. The van der Waals surface area contributed by atoms with E-state index in [0.29, 0.717) is 6.04 Å². The second-order valence-corrected chi connectivity index (χ2v) is 6.02. The van der Waals surface area contributed by atoms with Gasteiger partial charge in [-0.1, -0.05) is 42.5 Å². The third kappa shape index (κ3) is 2.01.